The molecule has 0 aliphatic carbocycles. The Morgan fingerprint density at radius 3 is 2.63 bits per heavy atom. The summed E-state index contributed by atoms with van der Waals surface area (Å²) in [7, 11) is 4.06. The van der Waals surface area contributed by atoms with E-state index < -0.39 is 0 Å². The SMILES string of the molecule is CN1CCN(c2ccnc3c2c(C=O)cn3C)CC1. The molecule has 1 fully saturated rings. The highest BCUT2D eigenvalue weighted by atomic mass is 16.1. The van der Waals surface area contributed by atoms with Crippen LogP contribution in [-0.2, 0) is 7.05 Å². The Labute approximate surface area is 112 Å². The highest BCUT2D eigenvalue weighted by Gasteiger charge is 2.19. The van der Waals surface area contributed by atoms with Gasteiger partial charge in [0.15, 0.2) is 6.29 Å². The molecule has 0 unspecified atom stereocenters. The number of hydrogen-bond donors (Lipinski definition) is 0. The van der Waals surface area contributed by atoms with Crippen molar-refractivity contribution in [2.24, 2.45) is 7.05 Å². The zero-order valence-electron chi connectivity index (χ0n) is 11.3. The Balaban J connectivity index is 2.10. The van der Waals surface area contributed by atoms with E-state index in [1.807, 2.05) is 30.1 Å². The van der Waals surface area contributed by atoms with Gasteiger partial charge in [0.1, 0.15) is 5.65 Å². The first-order valence-corrected chi connectivity index (χ1v) is 6.53. The molecule has 0 spiro atoms. The number of carbonyl (C=O) groups excluding carboxylic acids is 1. The van der Waals surface area contributed by atoms with E-state index in [0.717, 1.165) is 54.7 Å². The van der Waals surface area contributed by atoms with Crippen LogP contribution in [0.4, 0.5) is 5.69 Å². The van der Waals surface area contributed by atoms with Crippen LogP contribution in [0.5, 0.6) is 0 Å². The molecule has 0 bridgehead atoms. The number of carbonyl (C=O) groups is 1. The van der Waals surface area contributed by atoms with E-state index >= 15 is 0 Å². The van der Waals surface area contributed by atoms with E-state index in [4.69, 9.17) is 0 Å². The van der Waals surface area contributed by atoms with Crippen LogP contribution in [0.1, 0.15) is 10.4 Å². The lowest BCUT2D eigenvalue weighted by molar-refractivity contribution is 0.112. The lowest BCUT2D eigenvalue weighted by atomic mass is 10.1. The van der Waals surface area contributed by atoms with Crippen LogP contribution in [0.2, 0.25) is 0 Å². The Kier molecular flexibility index (Phi) is 2.98. The number of aryl methyl sites for hydroxylation is 1. The third kappa shape index (κ3) is 2.00. The van der Waals surface area contributed by atoms with Crippen molar-refractivity contribution in [3.8, 4) is 0 Å². The molecule has 19 heavy (non-hydrogen) atoms. The second-order valence-corrected chi connectivity index (χ2v) is 5.13. The fourth-order valence-electron chi connectivity index (χ4n) is 2.72. The molecule has 100 valence electrons. The van der Waals surface area contributed by atoms with Crippen molar-refractivity contribution < 1.29 is 4.79 Å². The van der Waals surface area contributed by atoms with Crippen molar-refractivity contribution in [2.45, 2.75) is 0 Å². The van der Waals surface area contributed by atoms with Crippen molar-refractivity contribution >= 4 is 23.0 Å². The van der Waals surface area contributed by atoms with Gasteiger partial charge in [-0.15, -0.1) is 0 Å². The molecule has 0 atom stereocenters. The maximum Gasteiger partial charge on any atom is 0.152 e. The predicted molar refractivity (Wildman–Crippen MR) is 75.8 cm³/mol. The number of anilines is 1. The minimum atomic E-state index is 0.722. The molecular weight excluding hydrogens is 240 g/mol. The van der Waals surface area contributed by atoms with Crippen LogP contribution >= 0.6 is 0 Å². The minimum absolute atomic E-state index is 0.722. The smallest absolute Gasteiger partial charge is 0.152 e. The van der Waals surface area contributed by atoms with Gasteiger partial charge in [-0.25, -0.2) is 4.98 Å². The third-order valence-corrected chi connectivity index (χ3v) is 3.84. The predicted octanol–water partition coefficient (Wildman–Crippen LogP) is 1.14. The number of nitrogens with zero attached hydrogens (tertiary/aromatic N) is 4. The third-order valence-electron chi connectivity index (χ3n) is 3.84. The average molecular weight is 258 g/mol. The maximum absolute atomic E-state index is 11.3. The zero-order valence-corrected chi connectivity index (χ0v) is 11.3. The van der Waals surface area contributed by atoms with Crippen molar-refractivity contribution in [1.82, 2.24) is 14.5 Å². The molecule has 2 aromatic heterocycles. The normalized spacial score (nSPS) is 17.1. The van der Waals surface area contributed by atoms with Crippen molar-refractivity contribution in [3.05, 3.63) is 24.0 Å². The van der Waals surface area contributed by atoms with E-state index in [1.54, 1.807) is 0 Å². The number of rotatable bonds is 2. The van der Waals surface area contributed by atoms with E-state index in [9.17, 15) is 4.79 Å². The first-order chi connectivity index (χ1) is 9.20. The van der Waals surface area contributed by atoms with Gasteiger partial charge in [-0.05, 0) is 13.1 Å². The molecule has 3 rings (SSSR count). The molecule has 3 heterocycles. The summed E-state index contributed by atoms with van der Waals surface area (Å²) < 4.78 is 1.92. The number of fused-ring (bicyclic) bond motifs is 1. The van der Waals surface area contributed by atoms with Crippen molar-refractivity contribution in [3.63, 3.8) is 0 Å². The average Bonchev–Trinajstić information content (AvgIpc) is 2.77. The standard InChI is InChI=1S/C14H18N4O/c1-16-5-7-18(8-6-16)12-3-4-15-14-13(12)11(10-19)9-17(14)2/h3-4,9-10H,5-8H2,1-2H3. The Bertz CT molecular complexity index is 611. The molecule has 5 nitrogen and oxygen atoms in total. The quantitative estimate of drug-likeness (QED) is 0.757. The summed E-state index contributed by atoms with van der Waals surface area (Å²) >= 11 is 0. The second-order valence-electron chi connectivity index (χ2n) is 5.13. The Hall–Kier alpha value is -1.88. The van der Waals surface area contributed by atoms with E-state index in [1.165, 1.54) is 0 Å². The monoisotopic (exact) mass is 258 g/mol. The van der Waals surface area contributed by atoms with Crippen LogP contribution in [0, 0.1) is 0 Å². The van der Waals surface area contributed by atoms with Gasteiger partial charge in [0.2, 0.25) is 0 Å². The second kappa shape index (κ2) is 4.66. The largest absolute Gasteiger partial charge is 0.368 e. The van der Waals surface area contributed by atoms with Crippen LogP contribution < -0.4 is 4.90 Å². The summed E-state index contributed by atoms with van der Waals surface area (Å²) in [5.41, 5.74) is 2.72. The lowest BCUT2D eigenvalue weighted by Crippen LogP contribution is -2.44. The van der Waals surface area contributed by atoms with Crippen molar-refractivity contribution in [1.29, 1.82) is 0 Å². The van der Waals surface area contributed by atoms with E-state index in [2.05, 4.69) is 21.8 Å². The fourth-order valence-corrected chi connectivity index (χ4v) is 2.72. The van der Waals surface area contributed by atoms with Crippen LogP contribution in [0.15, 0.2) is 18.5 Å². The summed E-state index contributed by atoms with van der Waals surface area (Å²) in [5.74, 6) is 0. The first kappa shape index (κ1) is 12.2. The van der Waals surface area contributed by atoms with Gasteiger partial charge in [0.25, 0.3) is 0 Å². The topological polar surface area (TPSA) is 41.4 Å². The number of likely N-dealkylation sites (N-methyl/N-ethyl adjacent to an activating group) is 1. The molecule has 0 aromatic carbocycles. The number of piperazine rings is 1. The highest BCUT2D eigenvalue weighted by molar-refractivity contribution is 6.03. The first-order valence-electron chi connectivity index (χ1n) is 6.53. The Morgan fingerprint density at radius 1 is 1.21 bits per heavy atom. The van der Waals surface area contributed by atoms with Crippen LogP contribution in [-0.4, -0.2) is 54.0 Å². The molecule has 1 saturated heterocycles. The zero-order chi connectivity index (χ0) is 13.4. The molecule has 2 aromatic rings. The summed E-state index contributed by atoms with van der Waals surface area (Å²) in [5, 5.41) is 0.976. The van der Waals surface area contributed by atoms with Gasteiger partial charge in [-0.1, -0.05) is 0 Å². The molecule has 1 aliphatic rings. The van der Waals surface area contributed by atoms with Gasteiger partial charge in [0.05, 0.1) is 11.1 Å². The van der Waals surface area contributed by atoms with E-state index in [-0.39, 0.29) is 0 Å². The number of aldehydes is 1. The molecule has 0 N–H and O–H groups in total. The summed E-state index contributed by atoms with van der Waals surface area (Å²) in [4.78, 5) is 20.3. The number of hydrogen-bond acceptors (Lipinski definition) is 4. The molecule has 0 saturated carbocycles. The fraction of sp³-hybridized carbons (Fsp3) is 0.429. The van der Waals surface area contributed by atoms with Crippen molar-refractivity contribution in [2.75, 3.05) is 38.1 Å². The van der Waals surface area contributed by atoms with Crippen LogP contribution in [0.25, 0.3) is 11.0 Å². The molecule has 1 aliphatic heterocycles. The minimum Gasteiger partial charge on any atom is -0.368 e. The summed E-state index contributed by atoms with van der Waals surface area (Å²) in [6.07, 6.45) is 4.60. The Morgan fingerprint density at radius 2 is 1.95 bits per heavy atom. The van der Waals surface area contributed by atoms with E-state index in [0.29, 0.717) is 0 Å². The van der Waals surface area contributed by atoms with Gasteiger partial charge in [-0.2, -0.15) is 0 Å². The number of pyridine rings is 1. The summed E-state index contributed by atoms with van der Waals surface area (Å²) in [6.45, 7) is 4.08. The van der Waals surface area contributed by atoms with Gasteiger partial charge >= 0.3 is 0 Å². The molecule has 0 radical (unpaired) electrons. The molecule has 0 amide bonds. The summed E-state index contributed by atoms with van der Waals surface area (Å²) in [6, 6.07) is 2.01. The van der Waals surface area contributed by atoms with Gasteiger partial charge < -0.3 is 14.4 Å². The number of aromatic nitrogens is 2. The van der Waals surface area contributed by atoms with Gasteiger partial charge in [0, 0.05) is 51.2 Å². The molecule has 5 heteroatoms. The highest BCUT2D eigenvalue weighted by Crippen LogP contribution is 2.29. The maximum atomic E-state index is 11.3. The van der Waals surface area contributed by atoms with Crippen LogP contribution in [0.3, 0.4) is 0 Å². The lowest BCUT2D eigenvalue weighted by Gasteiger charge is -2.34. The molecular formula is C14H18N4O. The van der Waals surface area contributed by atoms with Gasteiger partial charge in [-0.3, -0.25) is 4.79 Å².